The molecule has 0 saturated carbocycles. The summed E-state index contributed by atoms with van der Waals surface area (Å²) in [5.41, 5.74) is 4.42. The summed E-state index contributed by atoms with van der Waals surface area (Å²) < 4.78 is 11.3. The van der Waals surface area contributed by atoms with Crippen molar-refractivity contribution in [1.29, 1.82) is 0 Å². The number of hydrogen-bond donors (Lipinski definition) is 1. The molecular weight excluding hydrogens is 524 g/mol. The van der Waals surface area contributed by atoms with Gasteiger partial charge in [0.1, 0.15) is 12.4 Å². The number of rotatable bonds is 10. The van der Waals surface area contributed by atoms with Crippen LogP contribution in [0.3, 0.4) is 0 Å². The molecule has 3 aromatic rings. The molecule has 8 nitrogen and oxygen atoms in total. The number of benzene rings is 2. The van der Waals surface area contributed by atoms with E-state index in [9.17, 15) is 9.59 Å². The molecule has 2 aliphatic heterocycles. The number of amides is 1. The Kier molecular flexibility index (Phi) is 8.61. The van der Waals surface area contributed by atoms with Crippen LogP contribution in [0, 0.1) is 0 Å². The van der Waals surface area contributed by atoms with Crippen molar-refractivity contribution in [2.24, 2.45) is 4.99 Å². The van der Waals surface area contributed by atoms with E-state index < -0.39 is 12.0 Å². The molecule has 3 heterocycles. The number of amidine groups is 1. The standard InChI is InChI=1S/C31H30N4O4S/c1-21-28(30(37)39-19-22-9-4-3-5-10-22)29(23-11-8-13-26(17-23)38-2)35-25(20-40-31(35)34-21)18-27(36)33-16-14-24-12-6-7-15-32-24/h3-13,15,17,20,29H,14,16,18-19H2,1-2H3,(H,33,36). The number of thioether (sulfide) groups is 1. The topological polar surface area (TPSA) is 93.1 Å². The lowest BCUT2D eigenvalue weighted by molar-refractivity contribution is -0.141. The summed E-state index contributed by atoms with van der Waals surface area (Å²) in [6, 6.07) is 22.3. The first-order valence-corrected chi connectivity index (χ1v) is 13.9. The van der Waals surface area contributed by atoms with Crippen molar-refractivity contribution in [2.75, 3.05) is 13.7 Å². The van der Waals surface area contributed by atoms with E-state index in [2.05, 4.69) is 10.3 Å². The molecule has 204 valence electrons. The van der Waals surface area contributed by atoms with Gasteiger partial charge in [0.05, 0.1) is 30.8 Å². The number of nitrogens with zero attached hydrogens (tertiary/aromatic N) is 3. The molecule has 9 heteroatoms. The lowest BCUT2D eigenvalue weighted by Gasteiger charge is -2.36. The van der Waals surface area contributed by atoms with Crippen LogP contribution in [0.15, 0.2) is 106 Å². The number of pyridine rings is 1. The average molecular weight is 555 g/mol. The molecule has 5 rings (SSSR count). The highest BCUT2D eigenvalue weighted by Gasteiger charge is 2.41. The minimum atomic E-state index is -0.534. The lowest BCUT2D eigenvalue weighted by atomic mass is 9.93. The minimum absolute atomic E-state index is 0.118. The number of aliphatic imine (C=N–C) groups is 1. The van der Waals surface area contributed by atoms with Crippen LogP contribution >= 0.6 is 11.8 Å². The van der Waals surface area contributed by atoms with E-state index in [1.807, 2.05) is 90.0 Å². The Labute approximate surface area is 237 Å². The Morgan fingerprint density at radius 2 is 1.88 bits per heavy atom. The van der Waals surface area contributed by atoms with Crippen molar-refractivity contribution in [3.05, 3.63) is 118 Å². The summed E-state index contributed by atoms with van der Waals surface area (Å²) in [6.07, 6.45) is 2.52. The molecule has 40 heavy (non-hydrogen) atoms. The number of nitrogens with one attached hydrogen (secondary N) is 1. The van der Waals surface area contributed by atoms with E-state index in [0.717, 1.165) is 22.5 Å². The van der Waals surface area contributed by atoms with Crippen molar-refractivity contribution in [3.8, 4) is 5.75 Å². The van der Waals surface area contributed by atoms with E-state index in [4.69, 9.17) is 14.5 Å². The number of carbonyl (C=O) groups is 2. The van der Waals surface area contributed by atoms with Gasteiger partial charge in [-0.2, -0.15) is 0 Å². The molecule has 2 aromatic carbocycles. The quantitative estimate of drug-likeness (QED) is 0.346. The third-order valence-electron chi connectivity index (χ3n) is 6.61. The van der Waals surface area contributed by atoms with Gasteiger partial charge in [0.15, 0.2) is 5.17 Å². The number of fused-ring (bicyclic) bond motifs is 1. The van der Waals surface area contributed by atoms with Crippen LogP contribution in [0.4, 0.5) is 0 Å². The molecule has 0 bridgehead atoms. The molecule has 0 spiro atoms. The van der Waals surface area contributed by atoms with Gasteiger partial charge >= 0.3 is 5.97 Å². The van der Waals surface area contributed by atoms with E-state index in [1.54, 1.807) is 13.3 Å². The lowest BCUT2D eigenvalue weighted by Crippen LogP contribution is -2.38. The molecule has 1 aromatic heterocycles. The number of ether oxygens (including phenoxy) is 2. The van der Waals surface area contributed by atoms with Crippen molar-refractivity contribution in [2.45, 2.75) is 32.4 Å². The summed E-state index contributed by atoms with van der Waals surface area (Å²) >= 11 is 1.44. The van der Waals surface area contributed by atoms with Crippen LogP contribution in [-0.2, 0) is 27.4 Å². The molecule has 1 amide bonds. The van der Waals surface area contributed by atoms with Gasteiger partial charge in [0, 0.05) is 30.6 Å². The fraction of sp³-hybridized carbons (Fsp3) is 0.226. The SMILES string of the molecule is COc1cccc(C2C(C(=O)OCc3ccccc3)=C(C)N=C3SC=C(CC(=O)NCCc4ccccn4)N32)c1. The van der Waals surface area contributed by atoms with Gasteiger partial charge in [0.2, 0.25) is 5.91 Å². The first-order chi connectivity index (χ1) is 19.5. The van der Waals surface area contributed by atoms with Gasteiger partial charge in [-0.25, -0.2) is 9.79 Å². The van der Waals surface area contributed by atoms with E-state index in [-0.39, 0.29) is 18.9 Å². The fourth-order valence-corrected chi connectivity index (χ4v) is 5.63. The Morgan fingerprint density at radius 1 is 1.05 bits per heavy atom. The zero-order valence-corrected chi connectivity index (χ0v) is 23.2. The predicted molar refractivity (Wildman–Crippen MR) is 155 cm³/mol. The molecule has 1 atom stereocenters. The highest BCUT2D eigenvalue weighted by atomic mass is 32.2. The summed E-state index contributed by atoms with van der Waals surface area (Å²) in [6.45, 7) is 2.44. The normalized spacial score (nSPS) is 16.1. The van der Waals surface area contributed by atoms with Crippen LogP contribution < -0.4 is 10.1 Å². The van der Waals surface area contributed by atoms with Gasteiger partial charge in [-0.1, -0.05) is 60.3 Å². The number of allylic oxidation sites excluding steroid dienone is 1. The highest BCUT2D eigenvalue weighted by molar-refractivity contribution is 8.16. The van der Waals surface area contributed by atoms with Gasteiger partial charge in [-0.15, -0.1) is 0 Å². The largest absolute Gasteiger partial charge is 0.497 e. The summed E-state index contributed by atoms with van der Waals surface area (Å²) in [4.78, 5) is 37.6. The second kappa shape index (κ2) is 12.7. The van der Waals surface area contributed by atoms with Crippen molar-refractivity contribution < 1.29 is 19.1 Å². The van der Waals surface area contributed by atoms with Gasteiger partial charge in [0.25, 0.3) is 0 Å². The van der Waals surface area contributed by atoms with Crippen LogP contribution in [0.5, 0.6) is 5.75 Å². The molecule has 0 radical (unpaired) electrons. The Bertz CT molecular complexity index is 1470. The summed E-state index contributed by atoms with van der Waals surface area (Å²) in [5.74, 6) is 0.0989. The molecule has 2 aliphatic rings. The number of methoxy groups -OCH3 is 1. The molecule has 1 N–H and O–H groups in total. The van der Waals surface area contributed by atoms with Crippen LogP contribution in [-0.4, -0.2) is 40.6 Å². The van der Waals surface area contributed by atoms with Crippen LogP contribution in [0.1, 0.15) is 36.2 Å². The first-order valence-electron chi connectivity index (χ1n) is 13.0. The van der Waals surface area contributed by atoms with Gasteiger partial charge < -0.3 is 19.7 Å². The zero-order chi connectivity index (χ0) is 27.9. The molecule has 0 saturated heterocycles. The number of hydrogen-bond acceptors (Lipinski definition) is 8. The summed E-state index contributed by atoms with van der Waals surface area (Å²) in [7, 11) is 1.61. The van der Waals surface area contributed by atoms with E-state index in [1.165, 1.54) is 11.8 Å². The van der Waals surface area contributed by atoms with Gasteiger partial charge in [-0.05, 0) is 47.7 Å². The average Bonchev–Trinajstić information content (AvgIpc) is 3.37. The molecule has 0 aliphatic carbocycles. The van der Waals surface area contributed by atoms with Crippen molar-refractivity contribution in [1.82, 2.24) is 15.2 Å². The first kappa shape index (κ1) is 27.2. The second-order valence-corrected chi connectivity index (χ2v) is 10.2. The van der Waals surface area contributed by atoms with Crippen LogP contribution in [0.25, 0.3) is 0 Å². The Balaban J connectivity index is 1.38. The highest BCUT2D eigenvalue weighted by Crippen LogP contribution is 2.45. The Hall–Kier alpha value is -4.37. The zero-order valence-electron chi connectivity index (χ0n) is 22.4. The minimum Gasteiger partial charge on any atom is -0.497 e. The number of aromatic nitrogens is 1. The molecule has 1 unspecified atom stereocenters. The maximum atomic E-state index is 13.6. The van der Waals surface area contributed by atoms with E-state index in [0.29, 0.717) is 35.2 Å². The number of carbonyl (C=O) groups excluding carboxylic acids is 2. The Morgan fingerprint density at radius 3 is 2.65 bits per heavy atom. The number of esters is 1. The van der Waals surface area contributed by atoms with E-state index >= 15 is 0 Å². The monoisotopic (exact) mass is 554 g/mol. The van der Waals surface area contributed by atoms with Crippen molar-refractivity contribution in [3.63, 3.8) is 0 Å². The smallest absolute Gasteiger partial charge is 0.338 e. The maximum absolute atomic E-state index is 13.6. The fourth-order valence-electron chi connectivity index (χ4n) is 4.66. The van der Waals surface area contributed by atoms with Crippen molar-refractivity contribution >= 4 is 28.8 Å². The van der Waals surface area contributed by atoms with Gasteiger partial charge in [-0.3, -0.25) is 9.78 Å². The molecule has 0 fully saturated rings. The molecular formula is C31H30N4O4S. The third-order valence-corrected chi connectivity index (χ3v) is 7.50. The predicted octanol–water partition coefficient (Wildman–Crippen LogP) is 5.16. The maximum Gasteiger partial charge on any atom is 0.338 e. The van der Waals surface area contributed by atoms with Crippen LogP contribution in [0.2, 0.25) is 0 Å². The third kappa shape index (κ3) is 6.26. The summed E-state index contributed by atoms with van der Waals surface area (Å²) in [5, 5.41) is 5.62. The second-order valence-electron chi connectivity index (χ2n) is 9.33.